The number of benzene rings is 2. The molecular formula is C42H47Cl3F6N2O12. The first-order valence-electron chi connectivity index (χ1n) is 19.8. The number of rotatable bonds is 13. The number of carboxylic acid groups (broad SMARTS) is 1. The van der Waals surface area contributed by atoms with Gasteiger partial charge in [-0.1, -0.05) is 71.2 Å². The molecule has 0 heterocycles. The van der Waals surface area contributed by atoms with E-state index in [1.54, 1.807) is 56.4 Å². The van der Waals surface area contributed by atoms with Gasteiger partial charge in [-0.05, 0) is 57.6 Å². The van der Waals surface area contributed by atoms with Crippen molar-refractivity contribution in [3.63, 3.8) is 0 Å². The third-order valence-electron chi connectivity index (χ3n) is 10.2. The fourth-order valence-electron chi connectivity index (χ4n) is 7.00. The summed E-state index contributed by atoms with van der Waals surface area (Å²) >= 11 is 18.4. The number of hydrogen-bond donors (Lipinski definition) is 1. The summed E-state index contributed by atoms with van der Waals surface area (Å²) in [5, 5.41) is 8.68. The van der Waals surface area contributed by atoms with E-state index in [-0.39, 0.29) is 18.0 Å². The van der Waals surface area contributed by atoms with Crippen LogP contribution in [-0.4, -0.2) is 100 Å². The van der Waals surface area contributed by atoms with E-state index in [4.69, 9.17) is 54.1 Å². The van der Waals surface area contributed by atoms with Gasteiger partial charge in [-0.3, -0.25) is 38.6 Å². The molecule has 2 unspecified atom stereocenters. The van der Waals surface area contributed by atoms with Crippen molar-refractivity contribution >= 4 is 82.1 Å². The molecule has 2 amide bonds. The van der Waals surface area contributed by atoms with Crippen molar-refractivity contribution in [1.29, 1.82) is 0 Å². The number of ether oxygens (including phenoxy) is 3. The van der Waals surface area contributed by atoms with Crippen LogP contribution >= 0.6 is 34.8 Å². The van der Waals surface area contributed by atoms with Gasteiger partial charge >= 0.3 is 36.5 Å². The minimum Gasteiger partial charge on any atom is -0.481 e. The number of aliphatic carboxylic acids is 1. The molecule has 0 saturated heterocycles. The monoisotopic (exact) mass is 990 g/mol. The van der Waals surface area contributed by atoms with E-state index in [1.165, 1.54) is 18.9 Å². The molecule has 2 aliphatic carbocycles. The van der Waals surface area contributed by atoms with Crippen LogP contribution in [0, 0.1) is 0 Å². The Hall–Kier alpha value is -4.95. The molecule has 4 atom stereocenters. The van der Waals surface area contributed by atoms with Crippen molar-refractivity contribution in [2.24, 2.45) is 0 Å². The number of nitrogens with zero attached hydrogens (tertiary/aromatic N) is 2. The molecule has 14 nitrogen and oxygen atoms in total. The van der Waals surface area contributed by atoms with Gasteiger partial charge in [-0.15, -0.1) is 0 Å². The molecule has 2 aromatic carbocycles. The zero-order valence-electron chi connectivity index (χ0n) is 35.5. The van der Waals surface area contributed by atoms with Gasteiger partial charge < -0.3 is 19.3 Å². The topological polar surface area (TPSA) is 191 Å². The van der Waals surface area contributed by atoms with E-state index in [9.17, 15) is 64.7 Å². The Labute approximate surface area is 384 Å². The molecule has 23 heteroatoms. The predicted octanol–water partition coefficient (Wildman–Crippen LogP) is 9.86. The molecule has 2 saturated carbocycles. The average Bonchev–Trinajstić information content (AvgIpc) is 3.22. The Morgan fingerprint density at radius 3 is 1.38 bits per heavy atom. The summed E-state index contributed by atoms with van der Waals surface area (Å²) in [6.45, 7) is 2.75. The van der Waals surface area contributed by atoms with Crippen LogP contribution in [0.4, 0.5) is 35.9 Å². The average molecular weight is 992 g/mol. The Morgan fingerprint density at radius 2 is 1.03 bits per heavy atom. The van der Waals surface area contributed by atoms with Crippen molar-refractivity contribution in [3.05, 3.63) is 69.7 Å². The predicted molar refractivity (Wildman–Crippen MR) is 221 cm³/mol. The van der Waals surface area contributed by atoms with Crippen LogP contribution in [0.15, 0.2) is 48.5 Å². The molecule has 65 heavy (non-hydrogen) atoms. The van der Waals surface area contributed by atoms with Crippen LogP contribution in [0.25, 0.3) is 0 Å². The molecule has 360 valence electrons. The van der Waals surface area contributed by atoms with E-state index < -0.39 is 96.7 Å². The zero-order valence-corrected chi connectivity index (χ0v) is 37.8. The number of likely N-dealkylation sites (N-methyl/N-ethyl adjacent to an activating group) is 2. The molecule has 2 fully saturated rings. The highest BCUT2D eigenvalue weighted by Gasteiger charge is 2.50. The lowest BCUT2D eigenvalue weighted by Crippen LogP contribution is -2.54. The minimum absolute atomic E-state index is 0.0199. The highest BCUT2D eigenvalue weighted by molar-refractivity contribution is 6.32. The summed E-state index contributed by atoms with van der Waals surface area (Å²) < 4.78 is 85.7. The molecule has 4 rings (SSSR count). The van der Waals surface area contributed by atoms with Crippen molar-refractivity contribution in [2.75, 3.05) is 14.1 Å². The number of halogens is 9. The van der Waals surface area contributed by atoms with Gasteiger partial charge in [0.2, 0.25) is 17.9 Å². The quantitative estimate of drug-likeness (QED) is 0.0866. The fraction of sp³-hybridized carbons (Fsp3) is 0.524. The van der Waals surface area contributed by atoms with Crippen molar-refractivity contribution in [2.45, 2.75) is 126 Å². The van der Waals surface area contributed by atoms with Gasteiger partial charge in [-0.25, -0.2) is 9.59 Å². The fourth-order valence-corrected chi connectivity index (χ4v) is 7.66. The smallest absolute Gasteiger partial charge is 0.449 e. The lowest BCUT2D eigenvalue weighted by atomic mass is 9.74. The number of carbonyl (C=O) groups is 8. The van der Waals surface area contributed by atoms with Crippen molar-refractivity contribution in [1.82, 2.24) is 9.80 Å². The van der Waals surface area contributed by atoms with Gasteiger partial charge in [0.05, 0.1) is 12.8 Å². The molecule has 0 aromatic heterocycles. The standard InChI is InChI=1S/C21H23ClF3NO6.C16H19Cl2NO3.C5H5F3O3/c1-13(31-18(29)11-10-17(28)21(23,24)25)32-19(30)26(2)20(12-6-5-9-16(20)27)14-7-3-4-8-15(14)22;1-11(17)22-15(21)19(2)16(10-6-5-9-14(16)20)12-7-3-4-8-13(12)18;6-5(7,8)3(9)1-2-4(10)11/h3-4,7-8,13H,5-6,9-12H2,1-2H3;3-4,7-8,11H,5-6,9-10H2,1-2H3;1-2H2,(H,10,11)/t13?,20-;11?,16-;/m00./s1. The third-order valence-corrected chi connectivity index (χ3v) is 11.0. The van der Waals surface area contributed by atoms with Crippen LogP contribution in [0.2, 0.25) is 10.0 Å². The summed E-state index contributed by atoms with van der Waals surface area (Å²) in [6, 6.07) is 13.8. The molecule has 1 N–H and O–H groups in total. The number of Topliss-reactive ketones (excluding diaryl/α,β-unsaturated/α-hetero) is 4. The lowest BCUT2D eigenvalue weighted by molar-refractivity contribution is -0.175. The van der Waals surface area contributed by atoms with Crippen LogP contribution < -0.4 is 0 Å². The molecule has 0 spiro atoms. The van der Waals surface area contributed by atoms with Crippen LogP contribution in [0.3, 0.4) is 0 Å². The largest absolute Gasteiger partial charge is 0.481 e. The van der Waals surface area contributed by atoms with Crippen LogP contribution in [0.5, 0.6) is 0 Å². The van der Waals surface area contributed by atoms with Gasteiger partial charge in [0, 0.05) is 67.9 Å². The summed E-state index contributed by atoms with van der Waals surface area (Å²) in [7, 11) is 2.93. The molecule has 0 radical (unpaired) electrons. The molecule has 2 aliphatic rings. The summed E-state index contributed by atoms with van der Waals surface area (Å²) in [5.74, 6) is -6.85. The first-order valence-corrected chi connectivity index (χ1v) is 21.0. The first kappa shape index (κ1) is 56.2. The van der Waals surface area contributed by atoms with Gasteiger partial charge in [0.1, 0.15) is 11.1 Å². The second kappa shape index (κ2) is 24.5. The van der Waals surface area contributed by atoms with E-state index in [0.717, 1.165) is 17.7 Å². The minimum atomic E-state index is -5.04. The van der Waals surface area contributed by atoms with E-state index >= 15 is 0 Å². The van der Waals surface area contributed by atoms with E-state index in [1.807, 2.05) is 6.07 Å². The number of esters is 1. The second-order valence-corrected chi connectivity index (χ2v) is 16.1. The Bertz CT molecular complexity index is 2050. The van der Waals surface area contributed by atoms with Gasteiger partial charge in [0.25, 0.3) is 0 Å². The highest BCUT2D eigenvalue weighted by Crippen LogP contribution is 2.44. The molecule has 2 aromatic rings. The summed E-state index contributed by atoms with van der Waals surface area (Å²) in [4.78, 5) is 95.5. The molecular weight excluding hydrogens is 945 g/mol. The van der Waals surface area contributed by atoms with Gasteiger partial charge in [0.15, 0.2) is 17.1 Å². The third kappa shape index (κ3) is 15.6. The van der Waals surface area contributed by atoms with Crippen molar-refractivity contribution < 1.29 is 84.0 Å². The molecule has 0 aliphatic heterocycles. The van der Waals surface area contributed by atoms with E-state index in [2.05, 4.69) is 0 Å². The number of carbonyl (C=O) groups excluding carboxylic acids is 7. The Kier molecular flexibility index (Phi) is 21.2. The number of alkyl halides is 7. The normalized spacial score (nSPS) is 19.4. The number of amides is 2. The van der Waals surface area contributed by atoms with E-state index in [0.29, 0.717) is 53.3 Å². The first-order chi connectivity index (χ1) is 30.1. The molecule has 0 bridgehead atoms. The Balaban J connectivity index is 0.000000378. The van der Waals surface area contributed by atoms with Crippen LogP contribution in [-0.2, 0) is 54.1 Å². The number of ketones is 4. The maximum atomic E-state index is 13.0. The lowest BCUT2D eigenvalue weighted by Gasteiger charge is -2.43. The number of carboxylic acids is 1. The van der Waals surface area contributed by atoms with Crippen molar-refractivity contribution in [3.8, 4) is 0 Å². The highest BCUT2D eigenvalue weighted by atomic mass is 35.5. The van der Waals surface area contributed by atoms with Crippen LogP contribution in [0.1, 0.15) is 102 Å². The SMILES string of the molecule is CC(Cl)OC(=O)N(C)[C@]1(c2ccccc2Cl)CCCCC1=O.CC(OC(=O)CCC(=O)C(F)(F)F)OC(=O)N(C)[C@]1(c2ccccc2Cl)CCCCC1=O.O=C(O)CCC(=O)C(F)(F)F. The zero-order chi connectivity index (χ0) is 49.5. The maximum absolute atomic E-state index is 13.0. The van der Waals surface area contributed by atoms with Gasteiger partial charge in [-0.2, -0.15) is 26.3 Å². The summed E-state index contributed by atoms with van der Waals surface area (Å²) in [5.41, 5.74) is -2.13. The maximum Gasteiger partial charge on any atom is 0.449 e. The second-order valence-electron chi connectivity index (χ2n) is 14.7. The Morgan fingerprint density at radius 1 is 0.646 bits per heavy atom. The summed E-state index contributed by atoms with van der Waals surface area (Å²) in [6.07, 6.45) is -12.2. The number of hydrogen-bond acceptors (Lipinski definition) is 11.